The number of carbonyl (C=O) groups is 2. The van der Waals surface area contributed by atoms with Crippen LogP contribution in [0.1, 0.15) is 33.3 Å². The Morgan fingerprint density at radius 1 is 1.30 bits per heavy atom. The van der Waals surface area contributed by atoms with Gasteiger partial charge in [-0.15, -0.1) is 0 Å². The highest BCUT2D eigenvalue weighted by Crippen LogP contribution is 2.14. The van der Waals surface area contributed by atoms with E-state index >= 15 is 0 Å². The molecule has 0 bridgehead atoms. The molecule has 1 aromatic carbocycles. The van der Waals surface area contributed by atoms with Crippen molar-refractivity contribution in [3.8, 4) is 0 Å². The van der Waals surface area contributed by atoms with Crippen molar-refractivity contribution >= 4 is 17.6 Å². The number of hydrogen-bond donors (Lipinski definition) is 2. The average molecular weight is 273 g/mol. The lowest BCUT2D eigenvalue weighted by Crippen LogP contribution is -2.17. The first-order chi connectivity index (χ1) is 9.52. The second-order valence-electron chi connectivity index (χ2n) is 4.34. The van der Waals surface area contributed by atoms with Gasteiger partial charge in [0.15, 0.2) is 5.69 Å². The first-order valence-corrected chi connectivity index (χ1v) is 6.18. The van der Waals surface area contributed by atoms with E-state index in [1.165, 1.54) is 13.2 Å². The second-order valence-corrected chi connectivity index (χ2v) is 4.34. The van der Waals surface area contributed by atoms with Crippen LogP contribution in [0.2, 0.25) is 0 Å². The fraction of sp³-hybridized carbons (Fsp3) is 0.214. The number of anilines is 1. The zero-order valence-corrected chi connectivity index (χ0v) is 11.3. The van der Waals surface area contributed by atoms with E-state index in [0.717, 1.165) is 16.7 Å². The van der Waals surface area contributed by atoms with E-state index in [4.69, 9.17) is 5.11 Å². The lowest BCUT2D eigenvalue weighted by atomic mass is 10.1. The summed E-state index contributed by atoms with van der Waals surface area (Å²) in [5.74, 6) is -1.67. The van der Waals surface area contributed by atoms with Crippen LogP contribution in [0.5, 0.6) is 0 Å². The summed E-state index contributed by atoms with van der Waals surface area (Å²) >= 11 is 0. The summed E-state index contributed by atoms with van der Waals surface area (Å²) in [5, 5.41) is 15.5. The van der Waals surface area contributed by atoms with E-state index < -0.39 is 11.9 Å². The fourth-order valence-electron chi connectivity index (χ4n) is 1.88. The molecule has 0 saturated carbocycles. The number of aromatic nitrogens is 2. The number of amides is 1. The van der Waals surface area contributed by atoms with E-state index in [0.29, 0.717) is 5.69 Å². The Bertz CT molecular complexity index is 644. The molecule has 0 aliphatic carbocycles. The maximum absolute atomic E-state index is 12.1. The van der Waals surface area contributed by atoms with Gasteiger partial charge < -0.3 is 10.4 Å². The summed E-state index contributed by atoms with van der Waals surface area (Å²) in [6.45, 7) is 2.04. The number of carboxylic acids is 1. The van der Waals surface area contributed by atoms with Gasteiger partial charge in [-0.1, -0.05) is 19.1 Å². The Balaban J connectivity index is 2.21. The molecule has 2 aromatic rings. The third-order valence-corrected chi connectivity index (χ3v) is 3.01. The quantitative estimate of drug-likeness (QED) is 0.891. The third-order valence-electron chi connectivity index (χ3n) is 3.01. The van der Waals surface area contributed by atoms with Crippen LogP contribution in [0.25, 0.3) is 0 Å². The predicted octanol–water partition coefficient (Wildman–Crippen LogP) is 1.93. The normalized spacial score (nSPS) is 10.3. The first-order valence-electron chi connectivity index (χ1n) is 6.18. The van der Waals surface area contributed by atoms with Crippen molar-refractivity contribution in [2.45, 2.75) is 13.3 Å². The van der Waals surface area contributed by atoms with Gasteiger partial charge in [-0.2, -0.15) is 5.10 Å². The van der Waals surface area contributed by atoms with Gasteiger partial charge in [0.05, 0.1) is 11.8 Å². The minimum absolute atomic E-state index is 0.0413. The molecule has 104 valence electrons. The number of aryl methyl sites for hydroxylation is 2. The van der Waals surface area contributed by atoms with Crippen LogP contribution >= 0.6 is 0 Å². The van der Waals surface area contributed by atoms with E-state index in [2.05, 4.69) is 10.4 Å². The molecule has 0 fully saturated rings. The highest BCUT2D eigenvalue weighted by Gasteiger charge is 2.21. The molecule has 0 spiro atoms. The number of benzene rings is 1. The molecule has 0 aliphatic heterocycles. The van der Waals surface area contributed by atoms with E-state index in [1.54, 1.807) is 12.1 Å². The molecule has 0 aliphatic rings. The van der Waals surface area contributed by atoms with Crippen molar-refractivity contribution in [3.63, 3.8) is 0 Å². The summed E-state index contributed by atoms with van der Waals surface area (Å²) in [7, 11) is 1.48. The van der Waals surface area contributed by atoms with Gasteiger partial charge in [-0.25, -0.2) is 4.79 Å². The number of rotatable bonds is 4. The Kier molecular flexibility index (Phi) is 3.84. The highest BCUT2D eigenvalue weighted by molar-refractivity contribution is 6.09. The predicted molar refractivity (Wildman–Crippen MR) is 73.9 cm³/mol. The molecule has 0 radical (unpaired) electrons. The van der Waals surface area contributed by atoms with Crippen LogP contribution in [0.4, 0.5) is 5.69 Å². The van der Waals surface area contributed by atoms with Gasteiger partial charge in [0, 0.05) is 12.7 Å². The number of nitrogens with zero attached hydrogens (tertiary/aromatic N) is 2. The number of carboxylic acid groups (broad SMARTS) is 1. The third kappa shape index (κ3) is 2.69. The number of nitrogens with one attached hydrogen (secondary N) is 1. The van der Waals surface area contributed by atoms with Crippen LogP contribution in [0.15, 0.2) is 30.5 Å². The summed E-state index contributed by atoms with van der Waals surface area (Å²) in [4.78, 5) is 23.2. The largest absolute Gasteiger partial charge is 0.477 e. The van der Waals surface area contributed by atoms with Crippen molar-refractivity contribution in [1.82, 2.24) is 9.78 Å². The van der Waals surface area contributed by atoms with Crippen LogP contribution in [-0.2, 0) is 13.5 Å². The van der Waals surface area contributed by atoms with Crippen molar-refractivity contribution in [2.75, 3.05) is 5.32 Å². The van der Waals surface area contributed by atoms with Gasteiger partial charge in [0.1, 0.15) is 0 Å². The molecule has 6 nitrogen and oxygen atoms in total. The van der Waals surface area contributed by atoms with Gasteiger partial charge in [-0.3, -0.25) is 9.48 Å². The minimum atomic E-state index is -1.18. The molecule has 0 atom stereocenters. The second kappa shape index (κ2) is 5.56. The topological polar surface area (TPSA) is 84.2 Å². The average Bonchev–Trinajstić information content (AvgIpc) is 2.81. The van der Waals surface area contributed by atoms with Crippen LogP contribution < -0.4 is 5.32 Å². The Morgan fingerprint density at radius 3 is 2.50 bits per heavy atom. The molecular weight excluding hydrogens is 258 g/mol. The minimum Gasteiger partial charge on any atom is -0.477 e. The standard InChI is InChI=1S/C14H15N3O3/c1-3-9-4-6-10(7-5-9)16-13(18)11-8-15-17(2)12(11)14(19)20/h4-8H,3H2,1-2H3,(H,16,18)(H,19,20). The molecular formula is C14H15N3O3. The zero-order valence-electron chi connectivity index (χ0n) is 11.3. The first kappa shape index (κ1) is 13.8. The maximum Gasteiger partial charge on any atom is 0.354 e. The van der Waals surface area contributed by atoms with Crippen LogP contribution in [0, 0.1) is 0 Å². The number of hydrogen-bond acceptors (Lipinski definition) is 3. The SMILES string of the molecule is CCc1ccc(NC(=O)c2cnn(C)c2C(=O)O)cc1. The van der Waals surface area contributed by atoms with Crippen LogP contribution in [0.3, 0.4) is 0 Å². The molecule has 2 rings (SSSR count). The Morgan fingerprint density at radius 2 is 1.95 bits per heavy atom. The van der Waals surface area contributed by atoms with Crippen molar-refractivity contribution < 1.29 is 14.7 Å². The van der Waals surface area contributed by atoms with Crippen molar-refractivity contribution in [1.29, 1.82) is 0 Å². The van der Waals surface area contributed by atoms with Crippen molar-refractivity contribution in [3.05, 3.63) is 47.3 Å². The fourth-order valence-corrected chi connectivity index (χ4v) is 1.88. The van der Waals surface area contributed by atoms with Gasteiger partial charge in [-0.05, 0) is 24.1 Å². The molecule has 1 amide bonds. The van der Waals surface area contributed by atoms with Gasteiger partial charge >= 0.3 is 5.97 Å². The molecule has 0 saturated heterocycles. The van der Waals surface area contributed by atoms with E-state index in [9.17, 15) is 9.59 Å². The molecule has 1 aromatic heterocycles. The van der Waals surface area contributed by atoms with Crippen molar-refractivity contribution in [2.24, 2.45) is 7.05 Å². The van der Waals surface area contributed by atoms with E-state index in [-0.39, 0.29) is 11.3 Å². The zero-order chi connectivity index (χ0) is 14.7. The summed E-state index contributed by atoms with van der Waals surface area (Å²) in [6, 6.07) is 7.40. The molecule has 2 N–H and O–H groups in total. The Hall–Kier alpha value is -2.63. The maximum atomic E-state index is 12.1. The van der Waals surface area contributed by atoms with Gasteiger partial charge in [0.2, 0.25) is 0 Å². The summed E-state index contributed by atoms with van der Waals surface area (Å²) in [6.07, 6.45) is 2.17. The monoisotopic (exact) mass is 273 g/mol. The lowest BCUT2D eigenvalue weighted by Gasteiger charge is -2.05. The summed E-state index contributed by atoms with van der Waals surface area (Å²) < 4.78 is 1.16. The molecule has 6 heteroatoms. The number of aromatic carboxylic acids is 1. The van der Waals surface area contributed by atoms with Crippen LogP contribution in [-0.4, -0.2) is 26.8 Å². The lowest BCUT2D eigenvalue weighted by molar-refractivity contribution is 0.0680. The van der Waals surface area contributed by atoms with Gasteiger partial charge in [0.25, 0.3) is 5.91 Å². The molecule has 1 heterocycles. The Labute approximate surface area is 116 Å². The van der Waals surface area contributed by atoms with E-state index in [1.807, 2.05) is 19.1 Å². The molecule has 0 unspecified atom stereocenters. The molecule has 20 heavy (non-hydrogen) atoms. The highest BCUT2D eigenvalue weighted by atomic mass is 16.4. The summed E-state index contributed by atoms with van der Waals surface area (Å²) in [5.41, 5.74) is 1.69. The smallest absolute Gasteiger partial charge is 0.354 e. The number of carbonyl (C=O) groups excluding carboxylic acids is 1.